The van der Waals surface area contributed by atoms with Crippen LogP contribution < -0.4 is 16.0 Å². The Bertz CT molecular complexity index is 852. The van der Waals surface area contributed by atoms with Gasteiger partial charge in [0.25, 0.3) is 0 Å². The van der Waals surface area contributed by atoms with Gasteiger partial charge in [-0.2, -0.15) is 0 Å². The number of phosphoric acid groups is 1. The lowest BCUT2D eigenvalue weighted by molar-refractivity contribution is -0.125. The van der Waals surface area contributed by atoms with Crippen LogP contribution in [0, 0.1) is 17.8 Å². The summed E-state index contributed by atoms with van der Waals surface area (Å²) in [7, 11) is -4.46. The quantitative estimate of drug-likeness (QED) is 0.202. The Balaban J connectivity index is 1.47. The van der Waals surface area contributed by atoms with E-state index in [9.17, 15) is 33.3 Å². The highest BCUT2D eigenvalue weighted by Crippen LogP contribution is 2.49. The van der Waals surface area contributed by atoms with Crippen molar-refractivity contribution in [3.63, 3.8) is 0 Å². The van der Waals surface area contributed by atoms with Gasteiger partial charge in [-0.1, -0.05) is 0 Å². The fourth-order valence-electron chi connectivity index (χ4n) is 4.55. The zero-order valence-corrected chi connectivity index (χ0v) is 22.3. The molecule has 3 fully saturated rings. The number of hydrogen-bond acceptors (Lipinski definition) is 10. The van der Waals surface area contributed by atoms with Crippen LogP contribution in [0.15, 0.2) is 0 Å². The van der Waals surface area contributed by atoms with Gasteiger partial charge in [0.15, 0.2) is 17.3 Å². The highest BCUT2D eigenvalue weighted by molar-refractivity contribution is 7.48. The number of hydrogen-bond donors (Lipinski definition) is 3. The van der Waals surface area contributed by atoms with E-state index in [1.54, 1.807) is 0 Å². The Kier molecular flexibility index (Phi) is 11.6. The molecule has 3 aliphatic rings. The van der Waals surface area contributed by atoms with Gasteiger partial charge in [0.2, 0.25) is 17.7 Å². The van der Waals surface area contributed by atoms with Crippen LogP contribution in [0.4, 0.5) is 0 Å². The van der Waals surface area contributed by atoms with E-state index in [2.05, 4.69) is 16.0 Å². The molecule has 212 valence electrons. The minimum absolute atomic E-state index is 0.0167. The van der Waals surface area contributed by atoms with E-state index in [0.717, 1.165) is 0 Å². The van der Waals surface area contributed by atoms with Gasteiger partial charge < -0.3 is 16.0 Å². The van der Waals surface area contributed by atoms with Crippen molar-refractivity contribution in [1.82, 2.24) is 16.0 Å². The predicted molar refractivity (Wildman–Crippen MR) is 132 cm³/mol. The molecule has 0 saturated carbocycles. The zero-order chi connectivity index (χ0) is 27.5. The molecular formula is C24H36N3O10P. The third-order valence-electron chi connectivity index (χ3n) is 6.95. The summed E-state index contributed by atoms with van der Waals surface area (Å²) < 4.78 is 28.6. The van der Waals surface area contributed by atoms with Gasteiger partial charge >= 0.3 is 7.82 Å². The van der Waals surface area contributed by atoms with Gasteiger partial charge in [-0.3, -0.25) is 42.3 Å². The first-order valence-corrected chi connectivity index (χ1v) is 14.5. The van der Waals surface area contributed by atoms with Crippen molar-refractivity contribution in [2.45, 2.75) is 57.8 Å². The van der Waals surface area contributed by atoms with Crippen molar-refractivity contribution in [2.24, 2.45) is 17.8 Å². The lowest BCUT2D eigenvalue weighted by Gasteiger charge is -2.18. The second-order valence-corrected chi connectivity index (χ2v) is 11.5. The molecule has 3 rings (SSSR count). The molecule has 0 aromatic carbocycles. The zero-order valence-electron chi connectivity index (χ0n) is 21.4. The molecule has 3 atom stereocenters. The van der Waals surface area contributed by atoms with Crippen LogP contribution in [0.2, 0.25) is 0 Å². The Morgan fingerprint density at radius 3 is 1.13 bits per heavy atom. The van der Waals surface area contributed by atoms with Crippen molar-refractivity contribution in [1.29, 1.82) is 0 Å². The maximum atomic E-state index is 13.1. The van der Waals surface area contributed by atoms with Crippen LogP contribution in [-0.4, -0.2) is 74.5 Å². The molecule has 3 heterocycles. The largest absolute Gasteiger partial charge is 0.476 e. The van der Waals surface area contributed by atoms with Crippen molar-refractivity contribution in [3.05, 3.63) is 0 Å². The van der Waals surface area contributed by atoms with E-state index < -0.39 is 45.0 Å². The molecule has 3 aliphatic heterocycles. The van der Waals surface area contributed by atoms with Crippen LogP contribution >= 0.6 is 7.82 Å². The second-order valence-electron chi connectivity index (χ2n) is 9.83. The summed E-state index contributed by atoms with van der Waals surface area (Å²) in [6.45, 7) is -0.243. The summed E-state index contributed by atoms with van der Waals surface area (Å²) in [5.41, 5.74) is 0. The Morgan fingerprint density at radius 2 is 0.895 bits per heavy atom. The highest BCUT2D eigenvalue weighted by Gasteiger charge is 2.32. The maximum Gasteiger partial charge on any atom is 0.476 e. The molecule has 0 aromatic heterocycles. The summed E-state index contributed by atoms with van der Waals surface area (Å²) in [5, 5.41) is 8.07. The number of phosphoric ester groups is 1. The average molecular weight is 558 g/mol. The molecule has 0 unspecified atom stereocenters. The lowest BCUT2D eigenvalue weighted by Crippen LogP contribution is -2.21. The number of Topliss-reactive ketones (excluding diaryl/α,β-unsaturated/α-hetero) is 3. The molecule has 3 amide bonds. The second kappa shape index (κ2) is 14.6. The predicted octanol–water partition coefficient (Wildman–Crippen LogP) is 0.601. The summed E-state index contributed by atoms with van der Waals surface area (Å²) >= 11 is 0. The number of amides is 3. The normalized spacial score (nSPS) is 23.3. The Hall–Kier alpha value is -2.47. The van der Waals surface area contributed by atoms with Gasteiger partial charge in [-0.15, -0.1) is 0 Å². The highest BCUT2D eigenvalue weighted by atomic mass is 31.2. The van der Waals surface area contributed by atoms with Gasteiger partial charge in [-0.25, -0.2) is 4.57 Å². The molecule has 0 bridgehead atoms. The first kappa shape index (κ1) is 30.1. The minimum Gasteiger partial charge on any atom is -0.356 e. The number of carbonyl (C=O) groups excluding carboxylic acids is 6. The first-order chi connectivity index (χ1) is 18.1. The fourth-order valence-corrected chi connectivity index (χ4v) is 5.68. The summed E-state index contributed by atoms with van der Waals surface area (Å²) in [4.78, 5) is 71.9. The number of ketones is 3. The van der Waals surface area contributed by atoms with E-state index >= 15 is 0 Å². The molecule has 0 radical (unpaired) electrons. The Labute approximate surface area is 221 Å². The van der Waals surface area contributed by atoms with Crippen LogP contribution in [0.3, 0.4) is 0 Å². The smallest absolute Gasteiger partial charge is 0.356 e. The van der Waals surface area contributed by atoms with Gasteiger partial charge in [0.05, 0.1) is 0 Å². The number of carbonyl (C=O) groups is 6. The molecule has 3 N–H and O–H groups in total. The monoisotopic (exact) mass is 557 g/mol. The van der Waals surface area contributed by atoms with E-state index in [4.69, 9.17) is 13.6 Å². The fraction of sp³-hybridized carbons (Fsp3) is 0.750. The molecule has 0 aromatic rings. The van der Waals surface area contributed by atoms with E-state index in [1.807, 2.05) is 0 Å². The van der Waals surface area contributed by atoms with Crippen LogP contribution in [0.5, 0.6) is 0 Å². The van der Waals surface area contributed by atoms with Crippen molar-refractivity contribution < 1.29 is 46.9 Å². The number of nitrogens with one attached hydrogen (secondary N) is 3. The third kappa shape index (κ3) is 9.68. The summed E-state index contributed by atoms with van der Waals surface area (Å²) in [6, 6.07) is 0. The first-order valence-electron chi connectivity index (χ1n) is 13.1. The molecule has 3 saturated heterocycles. The van der Waals surface area contributed by atoms with Crippen molar-refractivity contribution in [3.8, 4) is 0 Å². The molecule has 13 nitrogen and oxygen atoms in total. The molecule has 0 aliphatic carbocycles. The molecule has 0 spiro atoms. The Morgan fingerprint density at radius 1 is 0.605 bits per heavy atom. The third-order valence-corrected chi connectivity index (χ3v) is 8.29. The standard InChI is InChI=1S/C24H36N3O10P/c28-19(4-1-16-7-10-25-22(16)31)13-35-38(34,36-14-20(29)5-2-17-8-11-26-23(17)32)37-15-21(30)6-3-18-9-12-27-24(18)33/h16-18H,1-15H2,(H,25,31)(H,26,32)(H,27,33)/t16-,17-,18-/m0/s1. The van der Waals surface area contributed by atoms with E-state index in [1.165, 1.54) is 0 Å². The van der Waals surface area contributed by atoms with Crippen LogP contribution in [-0.2, 0) is 46.9 Å². The van der Waals surface area contributed by atoms with Crippen LogP contribution in [0.1, 0.15) is 57.8 Å². The van der Waals surface area contributed by atoms with Crippen molar-refractivity contribution >= 4 is 42.9 Å². The van der Waals surface area contributed by atoms with Crippen LogP contribution in [0.25, 0.3) is 0 Å². The minimum atomic E-state index is -4.46. The summed E-state index contributed by atoms with van der Waals surface area (Å²) in [6.07, 6.45) is 2.91. The maximum absolute atomic E-state index is 13.1. The van der Waals surface area contributed by atoms with Gasteiger partial charge in [-0.05, 0) is 38.5 Å². The number of rotatable bonds is 18. The van der Waals surface area contributed by atoms with Crippen molar-refractivity contribution in [2.75, 3.05) is 39.5 Å². The summed E-state index contributed by atoms with van der Waals surface area (Å²) in [5.74, 6) is -2.44. The topological polar surface area (TPSA) is 183 Å². The lowest BCUT2D eigenvalue weighted by atomic mass is 10.0. The SMILES string of the molecule is O=C(CC[C@H]1CCNC1=O)COP(=O)(OCC(=O)CC[C@H]1CCNC1=O)OCC(=O)CC[C@H]1CCNC1=O. The van der Waals surface area contributed by atoms with Gasteiger partial charge in [0, 0.05) is 56.7 Å². The van der Waals surface area contributed by atoms with E-state index in [0.29, 0.717) is 58.2 Å². The van der Waals surface area contributed by atoms with Gasteiger partial charge in [0.1, 0.15) is 19.8 Å². The average Bonchev–Trinajstić information content (AvgIpc) is 3.62. The molecular weight excluding hydrogens is 521 g/mol. The van der Waals surface area contributed by atoms with E-state index in [-0.39, 0.29) is 54.7 Å². The molecule has 38 heavy (non-hydrogen) atoms. The molecule has 14 heteroatoms.